The quantitative estimate of drug-likeness (QED) is 0.776. The Morgan fingerprint density at radius 2 is 1.95 bits per heavy atom. The second-order valence-electron chi connectivity index (χ2n) is 4.27. The number of halogens is 3. The van der Waals surface area contributed by atoms with Crippen LogP contribution in [0, 0.1) is 11.6 Å². The molecule has 0 atom stereocenters. The Balaban J connectivity index is 2.27. The fourth-order valence-electron chi connectivity index (χ4n) is 2.09. The molecule has 0 bridgehead atoms. The molecule has 3 aromatic rings. The molecule has 3 nitrogen and oxygen atoms in total. The van der Waals surface area contributed by atoms with Crippen LogP contribution >= 0.6 is 15.9 Å². The van der Waals surface area contributed by atoms with E-state index in [0.717, 1.165) is 16.6 Å². The van der Waals surface area contributed by atoms with Gasteiger partial charge in [0, 0.05) is 16.2 Å². The smallest absolute Gasteiger partial charge is 0.159 e. The van der Waals surface area contributed by atoms with Crippen LogP contribution in [0.4, 0.5) is 8.78 Å². The molecule has 1 aromatic carbocycles. The van der Waals surface area contributed by atoms with E-state index >= 15 is 0 Å². The maximum absolute atomic E-state index is 13.3. The summed E-state index contributed by atoms with van der Waals surface area (Å²) in [6, 6.07) is 7.15. The second-order valence-corrected chi connectivity index (χ2v) is 5.19. The van der Waals surface area contributed by atoms with E-state index in [4.69, 9.17) is 0 Å². The molecule has 1 N–H and O–H groups in total. The molecule has 0 spiro atoms. The molecule has 3 rings (SSSR count). The zero-order valence-electron chi connectivity index (χ0n) is 10.1. The highest BCUT2D eigenvalue weighted by molar-refractivity contribution is 9.10. The predicted molar refractivity (Wildman–Crippen MR) is 74.2 cm³/mol. The molecule has 20 heavy (non-hydrogen) atoms. The SMILES string of the molecule is OCc1c(-c2ccc(F)c(F)c2)nc2ccc(Br)cn12. The van der Waals surface area contributed by atoms with Gasteiger partial charge in [-0.2, -0.15) is 0 Å². The number of fused-ring (bicyclic) bond motifs is 1. The summed E-state index contributed by atoms with van der Waals surface area (Å²) in [5.74, 6) is -1.85. The first-order valence-electron chi connectivity index (χ1n) is 5.83. The highest BCUT2D eigenvalue weighted by Crippen LogP contribution is 2.27. The highest BCUT2D eigenvalue weighted by Gasteiger charge is 2.15. The number of hydrogen-bond donors (Lipinski definition) is 1. The largest absolute Gasteiger partial charge is 0.390 e. The fraction of sp³-hybridized carbons (Fsp3) is 0.0714. The Hall–Kier alpha value is -1.79. The van der Waals surface area contributed by atoms with E-state index in [-0.39, 0.29) is 6.61 Å². The van der Waals surface area contributed by atoms with Crippen LogP contribution in [0.15, 0.2) is 41.0 Å². The molecule has 0 amide bonds. The van der Waals surface area contributed by atoms with Gasteiger partial charge in [-0.05, 0) is 46.3 Å². The van der Waals surface area contributed by atoms with Crippen LogP contribution in [0.25, 0.3) is 16.9 Å². The van der Waals surface area contributed by atoms with Crippen LogP contribution in [0.5, 0.6) is 0 Å². The van der Waals surface area contributed by atoms with Crippen molar-refractivity contribution in [2.24, 2.45) is 0 Å². The summed E-state index contributed by atoms with van der Waals surface area (Å²) in [6.07, 6.45) is 1.76. The van der Waals surface area contributed by atoms with Crippen LogP contribution in [-0.4, -0.2) is 14.5 Å². The highest BCUT2D eigenvalue weighted by atomic mass is 79.9. The Labute approximate surface area is 121 Å². The molecule has 2 heterocycles. The number of rotatable bonds is 2. The molecular formula is C14H9BrF2N2O. The van der Waals surface area contributed by atoms with Gasteiger partial charge in [-0.1, -0.05) is 0 Å². The summed E-state index contributed by atoms with van der Waals surface area (Å²) in [5.41, 5.74) is 2.00. The van der Waals surface area contributed by atoms with Gasteiger partial charge in [0.1, 0.15) is 5.65 Å². The molecule has 0 fully saturated rings. The van der Waals surface area contributed by atoms with Crippen molar-refractivity contribution >= 4 is 21.6 Å². The van der Waals surface area contributed by atoms with Crippen LogP contribution < -0.4 is 0 Å². The lowest BCUT2D eigenvalue weighted by molar-refractivity contribution is 0.276. The van der Waals surface area contributed by atoms with Crippen molar-refractivity contribution in [3.63, 3.8) is 0 Å². The average Bonchev–Trinajstić information content (AvgIpc) is 2.79. The van der Waals surface area contributed by atoms with Crippen LogP contribution in [0.3, 0.4) is 0 Å². The summed E-state index contributed by atoms with van der Waals surface area (Å²) < 4.78 is 28.9. The van der Waals surface area contributed by atoms with Crippen molar-refractivity contribution in [1.29, 1.82) is 0 Å². The van der Waals surface area contributed by atoms with E-state index in [0.29, 0.717) is 22.6 Å². The number of aliphatic hydroxyl groups is 1. The topological polar surface area (TPSA) is 37.5 Å². The predicted octanol–water partition coefficient (Wildman–Crippen LogP) is 3.53. The van der Waals surface area contributed by atoms with Gasteiger partial charge in [0.15, 0.2) is 11.6 Å². The standard InChI is InChI=1S/C14H9BrF2N2O/c15-9-2-4-13-18-14(12(7-20)19(13)6-9)8-1-3-10(16)11(17)5-8/h1-6,20H,7H2. The van der Waals surface area contributed by atoms with E-state index < -0.39 is 11.6 Å². The molecule has 2 aromatic heterocycles. The molecule has 0 aliphatic heterocycles. The first kappa shape index (κ1) is 13.2. The summed E-state index contributed by atoms with van der Waals surface area (Å²) in [7, 11) is 0. The minimum Gasteiger partial charge on any atom is -0.390 e. The monoisotopic (exact) mass is 338 g/mol. The number of aromatic nitrogens is 2. The lowest BCUT2D eigenvalue weighted by atomic mass is 10.1. The van der Waals surface area contributed by atoms with Crippen LogP contribution in [0.2, 0.25) is 0 Å². The normalized spacial score (nSPS) is 11.2. The third-order valence-corrected chi connectivity index (χ3v) is 3.49. The first-order valence-corrected chi connectivity index (χ1v) is 6.62. The molecule has 0 saturated carbocycles. The van der Waals surface area contributed by atoms with E-state index in [9.17, 15) is 13.9 Å². The van der Waals surface area contributed by atoms with Crippen molar-refractivity contribution in [3.05, 3.63) is 58.3 Å². The van der Waals surface area contributed by atoms with Gasteiger partial charge in [-0.25, -0.2) is 13.8 Å². The lowest BCUT2D eigenvalue weighted by Crippen LogP contribution is -1.94. The molecule has 0 aliphatic rings. The number of benzene rings is 1. The first-order chi connectivity index (χ1) is 9.60. The number of hydrogen-bond acceptors (Lipinski definition) is 2. The van der Waals surface area contributed by atoms with E-state index in [1.807, 2.05) is 6.07 Å². The minimum atomic E-state index is -0.940. The molecule has 0 saturated heterocycles. The van der Waals surface area contributed by atoms with E-state index in [1.54, 1.807) is 16.7 Å². The van der Waals surface area contributed by atoms with Gasteiger partial charge in [-0.3, -0.25) is 4.40 Å². The molecule has 6 heteroatoms. The maximum atomic E-state index is 13.3. The summed E-state index contributed by atoms with van der Waals surface area (Å²) in [6.45, 7) is -0.258. The molecule has 0 unspecified atom stereocenters. The molecule has 0 radical (unpaired) electrons. The summed E-state index contributed by atoms with van der Waals surface area (Å²) in [4.78, 5) is 4.36. The zero-order chi connectivity index (χ0) is 14.3. The zero-order valence-corrected chi connectivity index (χ0v) is 11.7. The molecule has 102 valence electrons. The lowest BCUT2D eigenvalue weighted by Gasteiger charge is -2.03. The van der Waals surface area contributed by atoms with Gasteiger partial charge in [0.05, 0.1) is 18.0 Å². The number of imidazole rings is 1. The Morgan fingerprint density at radius 1 is 1.15 bits per heavy atom. The minimum absolute atomic E-state index is 0.258. The summed E-state index contributed by atoms with van der Waals surface area (Å²) in [5, 5.41) is 9.54. The van der Waals surface area contributed by atoms with Crippen molar-refractivity contribution in [2.75, 3.05) is 0 Å². The maximum Gasteiger partial charge on any atom is 0.159 e. The fourth-order valence-corrected chi connectivity index (χ4v) is 2.43. The van der Waals surface area contributed by atoms with Crippen molar-refractivity contribution < 1.29 is 13.9 Å². The van der Waals surface area contributed by atoms with E-state index in [1.165, 1.54) is 6.07 Å². The second kappa shape index (κ2) is 4.96. The number of aliphatic hydroxyl groups excluding tert-OH is 1. The Kier molecular flexibility index (Phi) is 3.27. The van der Waals surface area contributed by atoms with Crippen LogP contribution in [0.1, 0.15) is 5.69 Å². The molecular weight excluding hydrogens is 330 g/mol. The van der Waals surface area contributed by atoms with Crippen LogP contribution in [-0.2, 0) is 6.61 Å². The summed E-state index contributed by atoms with van der Waals surface area (Å²) >= 11 is 3.34. The Bertz CT molecular complexity index is 801. The number of pyridine rings is 1. The van der Waals surface area contributed by atoms with Crippen molar-refractivity contribution in [2.45, 2.75) is 6.61 Å². The van der Waals surface area contributed by atoms with Gasteiger partial charge in [-0.15, -0.1) is 0 Å². The van der Waals surface area contributed by atoms with E-state index in [2.05, 4.69) is 20.9 Å². The van der Waals surface area contributed by atoms with Crippen molar-refractivity contribution in [3.8, 4) is 11.3 Å². The van der Waals surface area contributed by atoms with Gasteiger partial charge in [0.25, 0.3) is 0 Å². The average molecular weight is 339 g/mol. The van der Waals surface area contributed by atoms with Gasteiger partial charge < -0.3 is 5.11 Å². The van der Waals surface area contributed by atoms with Crippen molar-refractivity contribution in [1.82, 2.24) is 9.38 Å². The number of nitrogens with zero attached hydrogens (tertiary/aromatic N) is 2. The Morgan fingerprint density at radius 3 is 2.65 bits per heavy atom. The van der Waals surface area contributed by atoms with Gasteiger partial charge >= 0.3 is 0 Å². The third-order valence-electron chi connectivity index (χ3n) is 3.02. The van der Waals surface area contributed by atoms with Gasteiger partial charge in [0.2, 0.25) is 0 Å². The molecule has 0 aliphatic carbocycles. The third kappa shape index (κ3) is 2.10.